The van der Waals surface area contributed by atoms with Crippen LogP contribution in [0.3, 0.4) is 0 Å². The Morgan fingerprint density at radius 2 is 2.17 bits per heavy atom. The third kappa shape index (κ3) is 3.27. The van der Waals surface area contributed by atoms with Crippen molar-refractivity contribution in [2.24, 2.45) is 5.41 Å². The van der Waals surface area contributed by atoms with Crippen LogP contribution in [0.1, 0.15) is 33.6 Å². The van der Waals surface area contributed by atoms with Gasteiger partial charge in [0.1, 0.15) is 17.9 Å². The van der Waals surface area contributed by atoms with Crippen molar-refractivity contribution >= 4 is 11.9 Å². The molecule has 8 nitrogen and oxygen atoms in total. The quantitative estimate of drug-likeness (QED) is 0.622. The summed E-state index contributed by atoms with van der Waals surface area (Å²) in [4.78, 5) is 28.2. The molecule has 24 heavy (non-hydrogen) atoms. The first-order chi connectivity index (χ1) is 11.2. The average molecular weight is 335 g/mol. The summed E-state index contributed by atoms with van der Waals surface area (Å²) >= 11 is 0. The van der Waals surface area contributed by atoms with Crippen LogP contribution >= 0.6 is 0 Å². The van der Waals surface area contributed by atoms with E-state index in [0.29, 0.717) is 13.1 Å². The van der Waals surface area contributed by atoms with Crippen molar-refractivity contribution in [3.63, 3.8) is 0 Å². The van der Waals surface area contributed by atoms with Crippen LogP contribution in [-0.4, -0.2) is 45.7 Å². The van der Waals surface area contributed by atoms with E-state index in [-0.39, 0.29) is 29.2 Å². The lowest BCUT2D eigenvalue weighted by Crippen LogP contribution is -2.36. The molecular weight excluding hydrogens is 314 g/mol. The molecule has 1 aliphatic carbocycles. The number of likely N-dealkylation sites (tertiary alicyclic amines) is 1. The van der Waals surface area contributed by atoms with Gasteiger partial charge in [0.2, 0.25) is 5.75 Å². The van der Waals surface area contributed by atoms with Crippen molar-refractivity contribution < 1.29 is 19.2 Å². The highest BCUT2D eigenvalue weighted by Crippen LogP contribution is 2.54. The Bertz CT molecular complexity index is 666. The molecule has 2 fully saturated rings. The molecule has 0 N–H and O–H groups in total. The lowest BCUT2D eigenvalue weighted by atomic mass is 10.0. The van der Waals surface area contributed by atoms with Crippen LogP contribution in [0, 0.1) is 15.5 Å². The highest BCUT2D eigenvalue weighted by atomic mass is 16.6. The number of hydrogen-bond donors (Lipinski definition) is 0. The second-order valence-corrected chi connectivity index (χ2v) is 7.41. The molecule has 3 rings (SSSR count). The van der Waals surface area contributed by atoms with E-state index in [9.17, 15) is 14.9 Å². The largest absolute Gasteiger partial charge is 0.480 e. The molecule has 0 aromatic carbocycles. The van der Waals surface area contributed by atoms with Gasteiger partial charge in [-0.05, 0) is 55.7 Å². The van der Waals surface area contributed by atoms with E-state index in [1.807, 2.05) is 20.8 Å². The number of rotatable bonds is 3. The van der Waals surface area contributed by atoms with Crippen molar-refractivity contribution in [1.29, 1.82) is 0 Å². The van der Waals surface area contributed by atoms with Gasteiger partial charge in [-0.2, -0.15) is 0 Å². The van der Waals surface area contributed by atoms with E-state index < -0.39 is 10.5 Å². The highest BCUT2D eigenvalue weighted by Gasteiger charge is 2.58. The summed E-state index contributed by atoms with van der Waals surface area (Å²) in [5.41, 5.74) is -0.685. The first-order valence-corrected chi connectivity index (χ1v) is 7.94. The Morgan fingerprint density at radius 3 is 2.75 bits per heavy atom. The summed E-state index contributed by atoms with van der Waals surface area (Å²) in [7, 11) is 0. The van der Waals surface area contributed by atoms with Crippen molar-refractivity contribution in [2.45, 2.75) is 45.3 Å². The number of amides is 1. The summed E-state index contributed by atoms with van der Waals surface area (Å²) in [6, 6.07) is 3.14. The fourth-order valence-corrected chi connectivity index (χ4v) is 2.97. The van der Waals surface area contributed by atoms with Crippen molar-refractivity contribution in [3.05, 3.63) is 28.4 Å². The maximum atomic E-state index is 12.3. The van der Waals surface area contributed by atoms with Crippen LogP contribution < -0.4 is 4.74 Å². The number of aromatic nitrogens is 1. The van der Waals surface area contributed by atoms with Crippen molar-refractivity contribution in [1.82, 2.24) is 9.88 Å². The van der Waals surface area contributed by atoms with Gasteiger partial charge in [0.25, 0.3) is 0 Å². The molecule has 0 bridgehead atoms. The van der Waals surface area contributed by atoms with Gasteiger partial charge >= 0.3 is 11.9 Å². The van der Waals surface area contributed by atoms with Crippen LogP contribution in [0.15, 0.2) is 18.3 Å². The zero-order chi connectivity index (χ0) is 17.5. The molecule has 1 aliphatic heterocycles. The third-order valence-electron chi connectivity index (χ3n) is 4.31. The number of hydrogen-bond acceptors (Lipinski definition) is 6. The van der Waals surface area contributed by atoms with Gasteiger partial charge < -0.3 is 24.5 Å². The standard InChI is InChI=1S/C16H21N3O5/c1-15(2,3)24-14(20)18-9-12(16(10-18)6-7-16)23-11-5-4-8-17-13(11)19(21)22/h4-5,8,12H,6-7,9-10H2,1-3H3. The minimum atomic E-state index is -0.561. The van der Waals surface area contributed by atoms with Crippen LogP contribution in [0.4, 0.5) is 10.6 Å². The minimum absolute atomic E-state index is 0.124. The monoisotopic (exact) mass is 335 g/mol. The van der Waals surface area contributed by atoms with Gasteiger partial charge in [-0.1, -0.05) is 0 Å². The topological polar surface area (TPSA) is 94.8 Å². The molecule has 1 amide bonds. The van der Waals surface area contributed by atoms with E-state index in [1.54, 1.807) is 11.0 Å². The Balaban J connectivity index is 1.74. The van der Waals surface area contributed by atoms with E-state index >= 15 is 0 Å². The molecule has 2 aliphatic rings. The summed E-state index contributed by atoms with van der Waals surface area (Å²) in [6.07, 6.45) is 2.57. The first kappa shape index (κ1) is 16.5. The number of nitrogens with zero attached hydrogens (tertiary/aromatic N) is 3. The molecule has 1 aromatic heterocycles. The molecule has 130 valence electrons. The smallest absolute Gasteiger partial charge is 0.410 e. The summed E-state index contributed by atoms with van der Waals surface area (Å²) in [5, 5.41) is 11.1. The van der Waals surface area contributed by atoms with Gasteiger partial charge in [0.15, 0.2) is 0 Å². The molecule has 1 atom stereocenters. The van der Waals surface area contributed by atoms with Crippen LogP contribution in [0.2, 0.25) is 0 Å². The second kappa shape index (κ2) is 5.61. The highest BCUT2D eigenvalue weighted by molar-refractivity contribution is 5.69. The molecule has 1 unspecified atom stereocenters. The number of carbonyl (C=O) groups excluding carboxylic acids is 1. The zero-order valence-corrected chi connectivity index (χ0v) is 14.0. The molecule has 0 radical (unpaired) electrons. The number of carbonyl (C=O) groups is 1. The maximum Gasteiger partial charge on any atom is 0.410 e. The number of nitro groups is 1. The van der Waals surface area contributed by atoms with E-state index in [0.717, 1.165) is 12.8 Å². The van der Waals surface area contributed by atoms with Gasteiger partial charge in [0, 0.05) is 12.0 Å². The van der Waals surface area contributed by atoms with Crippen molar-refractivity contribution in [2.75, 3.05) is 13.1 Å². The first-order valence-electron chi connectivity index (χ1n) is 7.94. The van der Waals surface area contributed by atoms with Gasteiger partial charge in [-0.25, -0.2) is 4.79 Å². The predicted octanol–water partition coefficient (Wildman–Crippen LogP) is 2.77. The Labute approximate surface area is 139 Å². The fraction of sp³-hybridized carbons (Fsp3) is 0.625. The zero-order valence-electron chi connectivity index (χ0n) is 14.0. The molecule has 1 spiro atoms. The Morgan fingerprint density at radius 1 is 1.46 bits per heavy atom. The maximum absolute atomic E-state index is 12.3. The molecular formula is C16H21N3O5. The molecule has 2 heterocycles. The minimum Gasteiger partial charge on any atom is -0.480 e. The number of pyridine rings is 1. The van der Waals surface area contributed by atoms with E-state index in [2.05, 4.69) is 4.98 Å². The van der Waals surface area contributed by atoms with E-state index in [1.165, 1.54) is 12.3 Å². The van der Waals surface area contributed by atoms with E-state index in [4.69, 9.17) is 9.47 Å². The number of ether oxygens (including phenoxy) is 2. The summed E-state index contributed by atoms with van der Waals surface area (Å²) in [5.74, 6) is -0.158. The van der Waals surface area contributed by atoms with Gasteiger partial charge in [-0.3, -0.25) is 0 Å². The SMILES string of the molecule is CC(C)(C)OC(=O)N1CC(Oc2cccnc2[N+](=O)[O-])C2(CC2)C1. The second-order valence-electron chi connectivity index (χ2n) is 7.41. The van der Waals surface area contributed by atoms with Gasteiger partial charge in [-0.15, -0.1) is 0 Å². The molecule has 1 saturated heterocycles. The molecule has 1 aromatic rings. The predicted molar refractivity (Wildman–Crippen MR) is 84.8 cm³/mol. The normalized spacial score (nSPS) is 21.6. The average Bonchev–Trinajstić information content (AvgIpc) is 3.15. The summed E-state index contributed by atoms with van der Waals surface area (Å²) in [6.45, 7) is 6.38. The lowest BCUT2D eigenvalue weighted by Gasteiger charge is -2.24. The van der Waals surface area contributed by atoms with Crippen LogP contribution in [0.5, 0.6) is 5.75 Å². The Kier molecular flexibility index (Phi) is 3.85. The third-order valence-corrected chi connectivity index (χ3v) is 4.31. The van der Waals surface area contributed by atoms with Gasteiger partial charge in [0.05, 0.1) is 6.54 Å². The van der Waals surface area contributed by atoms with Crippen LogP contribution in [0.25, 0.3) is 0 Å². The molecule has 8 heteroatoms. The van der Waals surface area contributed by atoms with Crippen LogP contribution in [-0.2, 0) is 4.74 Å². The molecule has 1 saturated carbocycles. The summed E-state index contributed by atoms with van der Waals surface area (Å²) < 4.78 is 11.3. The lowest BCUT2D eigenvalue weighted by molar-refractivity contribution is -0.390. The fourth-order valence-electron chi connectivity index (χ4n) is 2.97. The van der Waals surface area contributed by atoms with Crippen molar-refractivity contribution in [3.8, 4) is 5.75 Å². The Hall–Kier alpha value is -2.38.